The van der Waals surface area contributed by atoms with Gasteiger partial charge in [-0.15, -0.1) is 15.0 Å². The van der Waals surface area contributed by atoms with Gasteiger partial charge in [0.15, 0.2) is 5.15 Å². The summed E-state index contributed by atoms with van der Waals surface area (Å²) < 4.78 is 12.3. The monoisotopic (exact) mass is 649 g/mol. The molecule has 0 saturated heterocycles. The Balaban J connectivity index is 1.24. The van der Waals surface area contributed by atoms with Gasteiger partial charge in [0.2, 0.25) is 12.6 Å². The van der Waals surface area contributed by atoms with Crippen molar-refractivity contribution < 1.29 is 34.6 Å². The van der Waals surface area contributed by atoms with Crippen LogP contribution in [0.4, 0.5) is 4.79 Å². The number of aliphatic hydroxyl groups is 1. The molecule has 2 aromatic heterocycles. The number of carbonyl (C=O) groups excluding carboxylic acids is 1. The second-order valence-corrected chi connectivity index (χ2v) is 10.5. The highest BCUT2D eigenvalue weighted by molar-refractivity contribution is 6.30. The first-order chi connectivity index (χ1) is 22.3. The minimum atomic E-state index is -0.995. The van der Waals surface area contributed by atoms with E-state index in [0.717, 1.165) is 52.1 Å². The highest BCUT2D eigenvalue weighted by atomic mass is 35.5. The number of halogens is 1. The molecule has 14 nitrogen and oxygen atoms in total. The van der Waals surface area contributed by atoms with E-state index in [2.05, 4.69) is 32.2 Å². The summed E-state index contributed by atoms with van der Waals surface area (Å²) in [5.74, 6) is 1.36. The normalized spacial score (nSPS) is 11.3. The Labute approximate surface area is 268 Å². The minimum Gasteiger partial charge on any atom is -0.409 e. The fourth-order valence-corrected chi connectivity index (χ4v) is 5.00. The summed E-state index contributed by atoms with van der Waals surface area (Å²) in [6, 6.07) is 21.9. The van der Waals surface area contributed by atoms with Crippen LogP contribution in [-0.4, -0.2) is 56.8 Å². The molecule has 0 radical (unpaired) electrons. The smallest absolute Gasteiger partial charge is 0.409 e. The summed E-state index contributed by atoms with van der Waals surface area (Å²) in [4.78, 5) is 22.4. The Morgan fingerprint density at radius 2 is 1.78 bits per heavy atom. The van der Waals surface area contributed by atoms with Gasteiger partial charge in [0.05, 0.1) is 24.3 Å². The minimum absolute atomic E-state index is 0.164. The van der Waals surface area contributed by atoms with Crippen LogP contribution in [0.3, 0.4) is 0 Å². The Bertz CT molecular complexity index is 1760. The van der Waals surface area contributed by atoms with E-state index in [1.165, 1.54) is 12.1 Å². The van der Waals surface area contributed by atoms with Crippen LogP contribution in [0.1, 0.15) is 42.4 Å². The van der Waals surface area contributed by atoms with Gasteiger partial charge in [-0.25, -0.2) is 14.6 Å². The van der Waals surface area contributed by atoms with Gasteiger partial charge in [0, 0.05) is 18.5 Å². The predicted molar refractivity (Wildman–Crippen MR) is 163 cm³/mol. The Morgan fingerprint density at radius 3 is 2.52 bits per heavy atom. The van der Waals surface area contributed by atoms with Crippen LogP contribution in [0.2, 0.25) is 5.15 Å². The lowest BCUT2D eigenvalue weighted by Crippen LogP contribution is -2.16. The summed E-state index contributed by atoms with van der Waals surface area (Å²) in [6.45, 7) is 1.95. The molecule has 0 fully saturated rings. The van der Waals surface area contributed by atoms with E-state index in [-0.39, 0.29) is 25.7 Å². The second-order valence-electron chi connectivity index (χ2n) is 10.1. The molecule has 5 rings (SSSR count). The van der Waals surface area contributed by atoms with Crippen molar-refractivity contribution in [3.05, 3.63) is 101 Å². The number of hydrogen-bond donors (Lipinski definition) is 3. The predicted octanol–water partition coefficient (Wildman–Crippen LogP) is 5.43. The number of nitrogens with zero attached hydrogens (tertiary/aromatic N) is 7. The van der Waals surface area contributed by atoms with Gasteiger partial charge in [0.1, 0.15) is 11.6 Å². The number of benzene rings is 3. The maximum absolute atomic E-state index is 12.2. The van der Waals surface area contributed by atoms with Crippen LogP contribution in [0, 0.1) is 0 Å². The highest BCUT2D eigenvalue weighted by Gasteiger charge is 2.17. The van der Waals surface area contributed by atoms with Gasteiger partial charge in [-0.2, -0.15) is 0 Å². The van der Waals surface area contributed by atoms with Crippen molar-refractivity contribution in [2.75, 3.05) is 0 Å². The lowest BCUT2D eigenvalue weighted by atomic mass is 9.98. The zero-order valence-corrected chi connectivity index (χ0v) is 25.6. The fraction of sp³-hybridized carbons (Fsp3) is 0.258. The molecule has 0 aliphatic carbocycles. The number of tetrazole rings is 1. The first-order valence-corrected chi connectivity index (χ1v) is 14.8. The third kappa shape index (κ3) is 8.31. The molecule has 3 aromatic carbocycles. The molecule has 0 atom stereocenters. The lowest BCUT2D eigenvalue weighted by molar-refractivity contribution is -0.497. The third-order valence-electron chi connectivity index (χ3n) is 6.98. The molecule has 15 heteroatoms. The molecular formula is C31H32ClN7O7. The van der Waals surface area contributed by atoms with Crippen LogP contribution in [0.5, 0.6) is 5.75 Å². The third-order valence-corrected chi connectivity index (χ3v) is 7.28. The molecule has 0 amide bonds. The van der Waals surface area contributed by atoms with Crippen molar-refractivity contribution in [1.29, 1.82) is 0 Å². The molecule has 0 aliphatic rings. The molecular weight excluding hydrogens is 618 g/mol. The van der Waals surface area contributed by atoms with Crippen molar-refractivity contribution in [2.45, 2.75) is 52.7 Å². The number of aryl methyl sites for hydroxylation is 1. The van der Waals surface area contributed by atoms with Gasteiger partial charge >= 0.3 is 6.16 Å². The number of ether oxygens (including phenoxy) is 2. The molecule has 0 unspecified atom stereocenters. The standard InChI is InChI=1S/C31H32ClN7O7/c1-2-3-11-28-33-29(32)27(18-40)37(28)17-21-12-14-23(15-13-21)25-9-4-5-10-26(25)30-34-36-38(35-30)20-44-31(41)46-24-8-6-7-22(16-24)19-45-39(42)43/h4-10,12-16,40,42-43H,2-3,11,17-20H2,1H3. The van der Waals surface area contributed by atoms with Crippen LogP contribution in [0.25, 0.3) is 22.5 Å². The van der Waals surface area contributed by atoms with Gasteiger partial charge in [-0.3, -0.25) is 10.4 Å². The van der Waals surface area contributed by atoms with Crippen LogP contribution in [-0.2, 0) is 42.5 Å². The topological polar surface area (TPSA) is 170 Å². The van der Waals surface area contributed by atoms with E-state index in [1.54, 1.807) is 12.1 Å². The summed E-state index contributed by atoms with van der Waals surface area (Å²) in [6.07, 6.45) is 1.79. The van der Waals surface area contributed by atoms with E-state index in [4.69, 9.17) is 31.5 Å². The molecule has 3 N–H and O–H groups in total. The van der Waals surface area contributed by atoms with Crippen molar-refractivity contribution >= 4 is 17.8 Å². The number of imidazole rings is 1. The zero-order valence-electron chi connectivity index (χ0n) is 24.9. The summed E-state index contributed by atoms with van der Waals surface area (Å²) in [7, 11) is 0. The van der Waals surface area contributed by atoms with Crippen LogP contribution < -0.4 is 4.74 Å². The largest absolute Gasteiger partial charge is 0.515 e. The number of rotatable bonds is 14. The molecule has 0 saturated carbocycles. The van der Waals surface area contributed by atoms with E-state index in [1.807, 2.05) is 53.1 Å². The maximum atomic E-state index is 12.2. The summed E-state index contributed by atoms with van der Waals surface area (Å²) in [5, 5.41) is 39.7. The molecule has 5 aromatic rings. The summed E-state index contributed by atoms with van der Waals surface area (Å²) >= 11 is 6.31. The van der Waals surface area contributed by atoms with Crippen molar-refractivity contribution in [1.82, 2.24) is 35.1 Å². The van der Waals surface area contributed by atoms with Crippen LogP contribution in [0.15, 0.2) is 72.8 Å². The first-order valence-electron chi connectivity index (χ1n) is 14.4. The number of unbranched alkanes of at least 4 members (excludes halogenated alkanes) is 1. The van der Waals surface area contributed by atoms with Gasteiger partial charge in [-0.05, 0) is 46.0 Å². The number of carbonyl (C=O) groups is 1. The van der Waals surface area contributed by atoms with E-state index < -0.39 is 11.5 Å². The van der Waals surface area contributed by atoms with Gasteiger partial charge in [-0.1, -0.05) is 85.6 Å². The molecule has 0 aliphatic heterocycles. The second kappa shape index (κ2) is 15.5. The first kappa shape index (κ1) is 32.7. The lowest BCUT2D eigenvalue weighted by Gasteiger charge is -2.12. The van der Waals surface area contributed by atoms with E-state index in [9.17, 15) is 9.90 Å². The average Bonchev–Trinajstić information content (AvgIpc) is 3.66. The molecule has 46 heavy (non-hydrogen) atoms. The van der Waals surface area contributed by atoms with Crippen molar-refractivity contribution in [3.63, 3.8) is 0 Å². The SMILES string of the molecule is CCCCc1nc(Cl)c(CO)n1Cc1ccc(-c2ccccc2-c2nnn(COC(=O)Oc3cccc(CON(O)O)c3)n2)cc1. The average molecular weight is 650 g/mol. The Hall–Kier alpha value is -4.70. The summed E-state index contributed by atoms with van der Waals surface area (Å²) in [5.41, 5.74) is 4.70. The van der Waals surface area contributed by atoms with Gasteiger partial charge < -0.3 is 19.1 Å². The molecule has 0 bridgehead atoms. The Kier molecular flexibility index (Phi) is 11.0. The number of aromatic nitrogens is 6. The number of aliphatic hydroxyl groups excluding tert-OH is 1. The van der Waals surface area contributed by atoms with E-state index in [0.29, 0.717) is 28.8 Å². The van der Waals surface area contributed by atoms with E-state index >= 15 is 0 Å². The Morgan fingerprint density at radius 1 is 1.00 bits per heavy atom. The number of hydrogen-bond acceptors (Lipinski definition) is 12. The van der Waals surface area contributed by atoms with Crippen molar-refractivity contribution in [3.8, 4) is 28.3 Å². The zero-order chi connectivity index (χ0) is 32.5. The highest BCUT2D eigenvalue weighted by Crippen LogP contribution is 2.30. The maximum Gasteiger partial charge on any atom is 0.515 e. The van der Waals surface area contributed by atoms with Crippen LogP contribution >= 0.6 is 11.6 Å². The molecule has 240 valence electrons. The molecule has 2 heterocycles. The fourth-order valence-electron chi connectivity index (χ4n) is 4.74. The van der Waals surface area contributed by atoms with Crippen molar-refractivity contribution in [2.24, 2.45) is 0 Å². The molecule has 0 spiro atoms. The van der Waals surface area contributed by atoms with Gasteiger partial charge in [0.25, 0.3) is 0 Å². The quantitative estimate of drug-likeness (QED) is 0.0793.